The summed E-state index contributed by atoms with van der Waals surface area (Å²) in [5.74, 6) is -0.273. The van der Waals surface area contributed by atoms with E-state index in [1.165, 1.54) is 20.3 Å². The van der Waals surface area contributed by atoms with Gasteiger partial charge in [-0.1, -0.05) is 13.8 Å². The zero-order valence-electron chi connectivity index (χ0n) is 12.8. The van der Waals surface area contributed by atoms with E-state index in [9.17, 15) is 13.2 Å². The molecule has 1 aromatic rings. The minimum absolute atomic E-state index is 0.109. The summed E-state index contributed by atoms with van der Waals surface area (Å²) >= 11 is 0. The second-order valence-corrected chi connectivity index (χ2v) is 6.68. The van der Waals surface area contributed by atoms with Crippen molar-refractivity contribution in [2.24, 2.45) is 5.92 Å². The quantitative estimate of drug-likeness (QED) is 0.804. The molecule has 7 heteroatoms. The van der Waals surface area contributed by atoms with Gasteiger partial charge in [0.2, 0.25) is 10.0 Å². The maximum atomic E-state index is 12.4. The molecular weight excluding hydrogens is 294 g/mol. The molecule has 0 radical (unpaired) electrons. The molecule has 1 atom stereocenters. The average molecular weight is 315 g/mol. The van der Waals surface area contributed by atoms with E-state index in [0.29, 0.717) is 11.3 Å². The number of sulfonamides is 1. The average Bonchev–Trinajstić information content (AvgIpc) is 2.43. The zero-order chi connectivity index (χ0) is 16.2. The molecule has 0 saturated carbocycles. The lowest BCUT2D eigenvalue weighted by atomic mass is 10.1. The predicted octanol–water partition coefficient (Wildman–Crippen LogP) is 1.48. The van der Waals surface area contributed by atoms with Gasteiger partial charge in [-0.05, 0) is 36.6 Å². The first-order valence-corrected chi connectivity index (χ1v) is 7.96. The lowest BCUT2D eigenvalue weighted by Gasteiger charge is -2.20. The van der Waals surface area contributed by atoms with Crippen LogP contribution in [0.5, 0.6) is 5.75 Å². The topological polar surface area (TPSA) is 81.7 Å². The molecule has 0 amide bonds. The first-order valence-electron chi connectivity index (χ1n) is 6.47. The highest BCUT2D eigenvalue weighted by molar-refractivity contribution is 7.89. The van der Waals surface area contributed by atoms with Gasteiger partial charge in [0.1, 0.15) is 11.8 Å². The molecule has 0 aromatic heterocycles. The summed E-state index contributed by atoms with van der Waals surface area (Å²) in [6, 6.07) is 3.70. The lowest BCUT2D eigenvalue weighted by molar-refractivity contribution is -0.143. The van der Waals surface area contributed by atoms with Crippen LogP contribution in [0.4, 0.5) is 0 Å². The fraction of sp³-hybridized carbons (Fsp3) is 0.500. The summed E-state index contributed by atoms with van der Waals surface area (Å²) in [7, 11) is -1.09. The summed E-state index contributed by atoms with van der Waals surface area (Å²) in [5, 5.41) is 0. The molecule has 1 rings (SSSR count). The Kier molecular flexibility index (Phi) is 5.74. The van der Waals surface area contributed by atoms with Crippen LogP contribution in [0, 0.1) is 12.8 Å². The van der Waals surface area contributed by atoms with Crippen molar-refractivity contribution in [1.29, 1.82) is 0 Å². The van der Waals surface area contributed by atoms with Gasteiger partial charge in [0.25, 0.3) is 0 Å². The Morgan fingerprint density at radius 3 is 2.29 bits per heavy atom. The third-order valence-electron chi connectivity index (χ3n) is 3.08. The van der Waals surface area contributed by atoms with E-state index in [2.05, 4.69) is 9.46 Å². The van der Waals surface area contributed by atoms with Gasteiger partial charge in [0, 0.05) is 0 Å². The predicted molar refractivity (Wildman–Crippen MR) is 78.7 cm³/mol. The van der Waals surface area contributed by atoms with Gasteiger partial charge < -0.3 is 9.47 Å². The first kappa shape index (κ1) is 17.5. The largest absolute Gasteiger partial charge is 0.497 e. The third kappa shape index (κ3) is 4.18. The second kappa shape index (κ2) is 6.91. The van der Waals surface area contributed by atoms with Crippen molar-refractivity contribution in [3.05, 3.63) is 23.8 Å². The molecule has 0 unspecified atom stereocenters. The zero-order valence-corrected chi connectivity index (χ0v) is 13.7. The standard InChI is InChI=1S/C14H21NO5S/c1-9(2)13(14(16)20-5)15-21(17,18)12-7-6-11(19-4)8-10(12)3/h6-9,13,15H,1-5H3/t13-/m0/s1. The minimum Gasteiger partial charge on any atom is -0.497 e. The fourth-order valence-electron chi connectivity index (χ4n) is 1.86. The summed E-state index contributed by atoms with van der Waals surface area (Å²) in [6.45, 7) is 5.15. The Bertz CT molecular complexity index is 610. The number of ether oxygens (including phenoxy) is 2. The number of methoxy groups -OCH3 is 2. The molecule has 0 aliphatic carbocycles. The summed E-state index contributed by atoms with van der Waals surface area (Å²) in [5.41, 5.74) is 0.536. The normalized spacial score (nSPS) is 13.0. The van der Waals surface area contributed by atoms with Crippen LogP contribution < -0.4 is 9.46 Å². The number of hydrogen-bond donors (Lipinski definition) is 1. The second-order valence-electron chi connectivity index (χ2n) is 5.00. The van der Waals surface area contributed by atoms with Crippen LogP contribution >= 0.6 is 0 Å². The Balaban J connectivity index is 3.13. The maximum absolute atomic E-state index is 12.4. The molecule has 1 N–H and O–H groups in total. The summed E-state index contributed by atoms with van der Waals surface area (Å²) < 4.78 is 36.9. The van der Waals surface area contributed by atoms with Crippen molar-refractivity contribution in [2.75, 3.05) is 14.2 Å². The van der Waals surface area contributed by atoms with Gasteiger partial charge >= 0.3 is 5.97 Å². The number of hydrogen-bond acceptors (Lipinski definition) is 5. The van der Waals surface area contributed by atoms with Crippen LogP contribution in [0.2, 0.25) is 0 Å². The molecule has 0 bridgehead atoms. The lowest BCUT2D eigenvalue weighted by Crippen LogP contribution is -2.45. The smallest absolute Gasteiger partial charge is 0.324 e. The highest BCUT2D eigenvalue weighted by atomic mass is 32.2. The van der Waals surface area contributed by atoms with Crippen molar-refractivity contribution in [2.45, 2.75) is 31.7 Å². The monoisotopic (exact) mass is 315 g/mol. The van der Waals surface area contributed by atoms with Crippen molar-refractivity contribution in [3.63, 3.8) is 0 Å². The molecule has 118 valence electrons. The SMILES string of the molecule is COC(=O)[C@@H](NS(=O)(=O)c1ccc(OC)cc1C)C(C)C. The van der Waals surface area contributed by atoms with E-state index in [-0.39, 0.29) is 10.8 Å². The van der Waals surface area contributed by atoms with Crippen molar-refractivity contribution >= 4 is 16.0 Å². The van der Waals surface area contributed by atoms with Gasteiger partial charge in [-0.15, -0.1) is 0 Å². The van der Waals surface area contributed by atoms with Crippen LogP contribution in [0.15, 0.2) is 23.1 Å². The maximum Gasteiger partial charge on any atom is 0.324 e. The molecule has 0 saturated heterocycles. The number of esters is 1. The Morgan fingerprint density at radius 2 is 1.86 bits per heavy atom. The van der Waals surface area contributed by atoms with Crippen LogP contribution in [0.1, 0.15) is 19.4 Å². The van der Waals surface area contributed by atoms with E-state index in [1.807, 2.05) is 0 Å². The molecule has 0 aliphatic rings. The molecule has 0 spiro atoms. The number of aryl methyl sites for hydroxylation is 1. The van der Waals surface area contributed by atoms with Crippen LogP contribution in [-0.2, 0) is 19.6 Å². The van der Waals surface area contributed by atoms with Crippen molar-refractivity contribution < 1.29 is 22.7 Å². The highest BCUT2D eigenvalue weighted by Crippen LogP contribution is 2.21. The Hall–Kier alpha value is -1.60. The fourth-order valence-corrected chi connectivity index (χ4v) is 3.42. The number of nitrogens with one attached hydrogen (secondary N) is 1. The van der Waals surface area contributed by atoms with E-state index >= 15 is 0 Å². The van der Waals surface area contributed by atoms with Gasteiger partial charge in [0.15, 0.2) is 0 Å². The number of rotatable bonds is 6. The number of benzene rings is 1. The Labute approximate surface area is 125 Å². The minimum atomic E-state index is -3.82. The molecule has 1 aromatic carbocycles. The molecule has 21 heavy (non-hydrogen) atoms. The van der Waals surface area contributed by atoms with Gasteiger partial charge in [-0.2, -0.15) is 4.72 Å². The molecular formula is C14H21NO5S. The molecule has 0 heterocycles. The highest BCUT2D eigenvalue weighted by Gasteiger charge is 2.29. The molecule has 6 nitrogen and oxygen atoms in total. The van der Waals surface area contributed by atoms with Crippen molar-refractivity contribution in [3.8, 4) is 5.75 Å². The van der Waals surface area contributed by atoms with Gasteiger partial charge in [-0.3, -0.25) is 4.79 Å². The van der Waals surface area contributed by atoms with Gasteiger partial charge in [0.05, 0.1) is 19.1 Å². The molecule has 0 aliphatic heterocycles. The third-order valence-corrected chi connectivity index (χ3v) is 4.68. The molecule has 0 fully saturated rings. The van der Waals surface area contributed by atoms with Crippen LogP contribution in [0.25, 0.3) is 0 Å². The van der Waals surface area contributed by atoms with Crippen LogP contribution in [0.3, 0.4) is 0 Å². The van der Waals surface area contributed by atoms with E-state index < -0.39 is 22.0 Å². The number of carbonyl (C=O) groups is 1. The van der Waals surface area contributed by atoms with E-state index in [1.54, 1.807) is 32.9 Å². The van der Waals surface area contributed by atoms with Crippen molar-refractivity contribution in [1.82, 2.24) is 4.72 Å². The van der Waals surface area contributed by atoms with Gasteiger partial charge in [-0.25, -0.2) is 8.42 Å². The van der Waals surface area contributed by atoms with E-state index in [4.69, 9.17) is 4.74 Å². The summed E-state index contributed by atoms with van der Waals surface area (Å²) in [4.78, 5) is 11.8. The number of carbonyl (C=O) groups excluding carboxylic acids is 1. The van der Waals surface area contributed by atoms with E-state index in [0.717, 1.165) is 0 Å². The Morgan fingerprint density at radius 1 is 1.24 bits per heavy atom. The van der Waals surface area contributed by atoms with Crippen LogP contribution in [-0.4, -0.2) is 34.6 Å². The summed E-state index contributed by atoms with van der Waals surface area (Å²) in [6.07, 6.45) is 0. The first-order chi connectivity index (χ1) is 9.72.